The second-order valence-corrected chi connectivity index (χ2v) is 6.52. The molecule has 1 saturated heterocycles. The first-order valence-corrected chi connectivity index (χ1v) is 7.14. The fraction of sp³-hybridized carbons (Fsp3) is 0.462. The molecule has 0 bridgehead atoms. The van der Waals surface area contributed by atoms with Crippen molar-refractivity contribution < 1.29 is 13.2 Å². The first kappa shape index (κ1) is 13.9. The van der Waals surface area contributed by atoms with Crippen molar-refractivity contribution in [2.45, 2.75) is 38.9 Å². The molecule has 0 aliphatic carbocycles. The van der Waals surface area contributed by atoms with Gasteiger partial charge >= 0.3 is 7.12 Å². The summed E-state index contributed by atoms with van der Waals surface area (Å²) in [6.07, 6.45) is 1.65. The number of fused-ring (bicyclic) bond motifs is 1. The summed E-state index contributed by atoms with van der Waals surface area (Å²) in [5, 5.41) is 4.94. The highest BCUT2D eigenvalue weighted by Crippen LogP contribution is 2.36. The van der Waals surface area contributed by atoms with Crippen molar-refractivity contribution in [3.63, 3.8) is 0 Å². The van der Waals surface area contributed by atoms with Crippen molar-refractivity contribution in [2.24, 2.45) is 0 Å². The molecule has 4 nitrogen and oxygen atoms in total. The van der Waals surface area contributed by atoms with Crippen molar-refractivity contribution >= 4 is 35.8 Å². The van der Waals surface area contributed by atoms with E-state index in [1.807, 2.05) is 45.9 Å². The molecule has 7 heteroatoms. The summed E-state index contributed by atoms with van der Waals surface area (Å²) in [7, 11) is -0.411. The van der Waals surface area contributed by atoms with Crippen LogP contribution in [0, 0.1) is 0 Å². The minimum Gasteiger partial charge on any atom is -0.399 e. The standard InChI is InChI=1S/C13H16BFN2O2S/c1-12(2)13(3,4)19-14(18-12)10-5-6-11-9(7-10)8-17(16-11)20-15/h5-8H,1-4H3. The molecule has 0 unspecified atom stereocenters. The molecule has 1 aromatic carbocycles. The highest BCUT2D eigenvalue weighted by atomic mass is 32.2. The van der Waals surface area contributed by atoms with Gasteiger partial charge in [-0.15, -0.1) is 3.89 Å². The third kappa shape index (κ3) is 2.14. The first-order valence-electron chi connectivity index (χ1n) is 6.46. The number of rotatable bonds is 2. The molecule has 2 aromatic rings. The molecule has 0 amide bonds. The van der Waals surface area contributed by atoms with E-state index in [2.05, 4.69) is 5.10 Å². The summed E-state index contributed by atoms with van der Waals surface area (Å²) in [5.74, 6) is 0. The Labute approximate surface area is 122 Å². The molecule has 0 atom stereocenters. The smallest absolute Gasteiger partial charge is 0.399 e. The van der Waals surface area contributed by atoms with Crippen molar-refractivity contribution in [2.75, 3.05) is 0 Å². The summed E-state index contributed by atoms with van der Waals surface area (Å²) in [4.78, 5) is 0. The van der Waals surface area contributed by atoms with E-state index in [9.17, 15) is 3.89 Å². The topological polar surface area (TPSA) is 36.3 Å². The van der Waals surface area contributed by atoms with Crippen LogP contribution in [0.2, 0.25) is 0 Å². The molecule has 106 valence electrons. The van der Waals surface area contributed by atoms with Gasteiger partial charge in [0.25, 0.3) is 0 Å². The highest BCUT2D eigenvalue weighted by Gasteiger charge is 2.51. The maximum atomic E-state index is 12.5. The highest BCUT2D eigenvalue weighted by molar-refractivity contribution is 7.92. The molecular formula is C13H16BFN2O2S. The van der Waals surface area contributed by atoms with E-state index in [4.69, 9.17) is 9.31 Å². The average molecular weight is 294 g/mol. The van der Waals surface area contributed by atoms with Crippen LogP contribution < -0.4 is 5.46 Å². The van der Waals surface area contributed by atoms with Crippen molar-refractivity contribution in [3.8, 4) is 0 Å². The van der Waals surface area contributed by atoms with E-state index in [0.717, 1.165) is 16.4 Å². The number of nitrogens with zero attached hydrogens (tertiary/aromatic N) is 2. The predicted molar refractivity (Wildman–Crippen MR) is 79.5 cm³/mol. The van der Waals surface area contributed by atoms with Crippen molar-refractivity contribution in [3.05, 3.63) is 24.4 Å². The van der Waals surface area contributed by atoms with E-state index in [0.29, 0.717) is 0 Å². The molecule has 3 rings (SSSR count). The quantitative estimate of drug-likeness (QED) is 0.798. The second-order valence-electron chi connectivity index (χ2n) is 6.01. The number of aromatic nitrogens is 2. The maximum absolute atomic E-state index is 12.5. The summed E-state index contributed by atoms with van der Waals surface area (Å²) >= 11 is 0.0752. The van der Waals surface area contributed by atoms with Gasteiger partial charge in [-0.3, -0.25) is 0 Å². The van der Waals surface area contributed by atoms with Crippen LogP contribution in [0.25, 0.3) is 10.9 Å². The van der Waals surface area contributed by atoms with Crippen molar-refractivity contribution in [1.29, 1.82) is 0 Å². The number of hydrogen-bond acceptors (Lipinski definition) is 4. The lowest BCUT2D eigenvalue weighted by atomic mass is 9.79. The number of benzene rings is 1. The predicted octanol–water partition coefficient (Wildman–Crippen LogP) is 2.72. The minimum atomic E-state index is -0.411. The van der Waals surface area contributed by atoms with Gasteiger partial charge in [-0.05, 0) is 39.2 Å². The zero-order valence-corrected chi connectivity index (χ0v) is 12.7. The van der Waals surface area contributed by atoms with Gasteiger partial charge in [0.2, 0.25) is 0 Å². The van der Waals surface area contributed by atoms with Crippen molar-refractivity contribution in [1.82, 2.24) is 9.19 Å². The normalized spacial score (nSPS) is 20.8. The molecule has 0 saturated carbocycles. The van der Waals surface area contributed by atoms with E-state index in [1.165, 1.54) is 4.09 Å². The largest absolute Gasteiger partial charge is 0.494 e. The Hall–Kier alpha value is -1.05. The lowest BCUT2D eigenvalue weighted by molar-refractivity contribution is 0.00578. The Kier molecular flexibility index (Phi) is 3.11. The third-order valence-corrected chi connectivity index (χ3v) is 4.43. The van der Waals surface area contributed by atoms with Gasteiger partial charge in [-0.1, -0.05) is 12.1 Å². The molecular weight excluding hydrogens is 278 g/mol. The van der Waals surface area contributed by atoms with Crippen LogP contribution in [0.4, 0.5) is 3.89 Å². The summed E-state index contributed by atoms with van der Waals surface area (Å²) in [6.45, 7) is 8.07. The Morgan fingerprint density at radius 1 is 1.20 bits per heavy atom. The van der Waals surface area contributed by atoms with E-state index < -0.39 is 7.12 Å². The molecule has 0 spiro atoms. The van der Waals surface area contributed by atoms with Gasteiger partial charge in [-0.25, -0.2) is 0 Å². The van der Waals surface area contributed by atoms with Crippen LogP contribution in [0.1, 0.15) is 27.7 Å². The van der Waals surface area contributed by atoms with Crippen LogP contribution >= 0.6 is 12.3 Å². The van der Waals surface area contributed by atoms with Gasteiger partial charge in [0.15, 0.2) is 12.3 Å². The number of halogens is 1. The monoisotopic (exact) mass is 294 g/mol. The molecule has 1 aromatic heterocycles. The van der Waals surface area contributed by atoms with Gasteiger partial charge in [-0.2, -0.15) is 9.19 Å². The third-order valence-electron chi connectivity index (χ3n) is 4.10. The average Bonchev–Trinajstić information content (AvgIpc) is 2.87. The minimum absolute atomic E-state index is 0.0752. The SMILES string of the molecule is CC1(C)OB(c2ccc3nn(SF)cc3c2)OC1(C)C. The lowest BCUT2D eigenvalue weighted by Crippen LogP contribution is -2.41. The second kappa shape index (κ2) is 4.48. The first-order chi connectivity index (χ1) is 9.32. The Morgan fingerprint density at radius 3 is 2.45 bits per heavy atom. The maximum Gasteiger partial charge on any atom is 0.494 e. The molecule has 20 heavy (non-hydrogen) atoms. The van der Waals surface area contributed by atoms with Crippen LogP contribution in [-0.2, 0) is 9.31 Å². The van der Waals surface area contributed by atoms with Crippen LogP contribution in [0.3, 0.4) is 0 Å². The lowest BCUT2D eigenvalue weighted by Gasteiger charge is -2.32. The van der Waals surface area contributed by atoms with Gasteiger partial charge in [0.05, 0.1) is 16.7 Å². The molecule has 1 fully saturated rings. The van der Waals surface area contributed by atoms with Crippen LogP contribution in [0.15, 0.2) is 24.4 Å². The Bertz CT molecular complexity index is 643. The van der Waals surface area contributed by atoms with E-state index >= 15 is 0 Å². The molecule has 0 radical (unpaired) electrons. The Morgan fingerprint density at radius 2 is 1.85 bits per heavy atom. The zero-order valence-electron chi connectivity index (χ0n) is 11.9. The fourth-order valence-corrected chi connectivity index (χ4v) is 2.45. The molecule has 1 aliphatic heterocycles. The van der Waals surface area contributed by atoms with E-state index in [1.54, 1.807) is 6.20 Å². The summed E-state index contributed by atoms with van der Waals surface area (Å²) in [6, 6.07) is 5.68. The number of hydrogen-bond donors (Lipinski definition) is 0. The molecule has 0 N–H and O–H groups in total. The van der Waals surface area contributed by atoms with Crippen LogP contribution in [0.5, 0.6) is 0 Å². The fourth-order valence-electron chi connectivity index (χ4n) is 2.18. The summed E-state index contributed by atoms with van der Waals surface area (Å²) < 4.78 is 25.7. The van der Waals surface area contributed by atoms with Crippen LogP contribution in [-0.4, -0.2) is 27.5 Å². The van der Waals surface area contributed by atoms with Gasteiger partial charge in [0, 0.05) is 11.6 Å². The molecule has 2 heterocycles. The van der Waals surface area contributed by atoms with Gasteiger partial charge < -0.3 is 9.31 Å². The zero-order chi connectivity index (χ0) is 14.5. The summed E-state index contributed by atoms with van der Waals surface area (Å²) in [5.41, 5.74) is 0.923. The van der Waals surface area contributed by atoms with Gasteiger partial charge in [0.1, 0.15) is 0 Å². The molecule has 1 aliphatic rings. The van der Waals surface area contributed by atoms with E-state index in [-0.39, 0.29) is 23.5 Å². The Balaban J connectivity index is 1.95.